The Hall–Kier alpha value is -3.65. The summed E-state index contributed by atoms with van der Waals surface area (Å²) in [5.74, 6) is 0.250. The largest absolute Gasteiger partial charge is 0.461 e. The molecule has 0 aliphatic heterocycles. The minimum absolute atomic E-state index is 0.147. The molecule has 0 bridgehead atoms. The van der Waals surface area contributed by atoms with Crippen molar-refractivity contribution in [1.29, 1.82) is 5.26 Å². The SMILES string of the molecule is Cn1c(=O)/c(=C/c2ccccc2)nc(OCC#N)/c1=C/c1ccccc1. The average Bonchev–Trinajstić information content (AvgIpc) is 2.68. The Bertz CT molecular complexity index is 1110. The van der Waals surface area contributed by atoms with Crippen molar-refractivity contribution in [2.24, 2.45) is 7.05 Å². The van der Waals surface area contributed by atoms with Crippen molar-refractivity contribution in [2.45, 2.75) is 0 Å². The fourth-order valence-corrected chi connectivity index (χ4v) is 2.51. The molecule has 3 rings (SSSR count). The van der Waals surface area contributed by atoms with Crippen molar-refractivity contribution in [3.8, 4) is 11.9 Å². The molecule has 0 aliphatic rings. The molecule has 26 heavy (non-hydrogen) atoms. The number of nitriles is 1. The zero-order chi connectivity index (χ0) is 18.4. The summed E-state index contributed by atoms with van der Waals surface area (Å²) in [6, 6.07) is 21.0. The van der Waals surface area contributed by atoms with E-state index in [2.05, 4.69) is 4.98 Å². The maximum atomic E-state index is 12.7. The molecule has 1 aromatic heterocycles. The standard InChI is InChI=1S/C21H17N3O2/c1-24-19(15-17-10-6-3-7-11-17)20(26-13-12-22)23-18(21(24)25)14-16-8-4-2-5-9-16/h2-11,14-15H,13H2,1H3/b18-14-,19-15-. The van der Waals surface area contributed by atoms with E-state index >= 15 is 0 Å². The van der Waals surface area contributed by atoms with Crippen LogP contribution in [0.2, 0.25) is 0 Å². The summed E-state index contributed by atoms with van der Waals surface area (Å²) in [6.45, 7) is -0.147. The third-order valence-electron chi connectivity index (χ3n) is 3.81. The van der Waals surface area contributed by atoms with Gasteiger partial charge >= 0.3 is 0 Å². The monoisotopic (exact) mass is 343 g/mol. The first-order valence-corrected chi connectivity index (χ1v) is 8.09. The molecule has 0 aliphatic carbocycles. The third-order valence-corrected chi connectivity index (χ3v) is 3.81. The fourth-order valence-electron chi connectivity index (χ4n) is 2.51. The van der Waals surface area contributed by atoms with Crippen molar-refractivity contribution >= 4 is 12.2 Å². The van der Waals surface area contributed by atoms with E-state index in [0.29, 0.717) is 5.35 Å². The molecule has 0 unspecified atom stereocenters. The highest BCUT2D eigenvalue weighted by Crippen LogP contribution is 2.02. The predicted molar refractivity (Wildman–Crippen MR) is 99.9 cm³/mol. The first-order valence-electron chi connectivity index (χ1n) is 8.09. The van der Waals surface area contributed by atoms with Gasteiger partial charge in [-0.05, 0) is 23.3 Å². The van der Waals surface area contributed by atoms with Gasteiger partial charge in [0.1, 0.15) is 16.8 Å². The Labute approximate surface area is 150 Å². The Kier molecular flexibility index (Phi) is 5.25. The molecule has 5 nitrogen and oxygen atoms in total. The topological polar surface area (TPSA) is 67.9 Å². The summed E-state index contributed by atoms with van der Waals surface area (Å²) in [6.07, 6.45) is 3.52. The summed E-state index contributed by atoms with van der Waals surface area (Å²) in [5.41, 5.74) is 1.54. The predicted octanol–water partition coefficient (Wildman–Crippen LogP) is 1.34. The van der Waals surface area contributed by atoms with Crippen LogP contribution in [0, 0.1) is 11.3 Å². The number of ether oxygens (including phenoxy) is 1. The summed E-state index contributed by atoms with van der Waals surface area (Å²) >= 11 is 0. The minimum Gasteiger partial charge on any atom is -0.461 e. The number of hydrogen-bond donors (Lipinski definition) is 0. The number of nitrogens with zero attached hydrogens (tertiary/aromatic N) is 3. The quantitative estimate of drug-likeness (QED) is 0.717. The van der Waals surface area contributed by atoms with E-state index in [0.717, 1.165) is 11.1 Å². The first kappa shape index (κ1) is 17.2. The molecule has 0 amide bonds. The maximum absolute atomic E-state index is 12.7. The van der Waals surface area contributed by atoms with Gasteiger partial charge in [-0.25, -0.2) is 4.98 Å². The molecule has 3 aromatic rings. The molecule has 0 fully saturated rings. The molecular formula is C21H17N3O2. The normalized spacial score (nSPS) is 12.0. The second kappa shape index (κ2) is 7.95. The van der Waals surface area contributed by atoms with E-state index < -0.39 is 0 Å². The summed E-state index contributed by atoms with van der Waals surface area (Å²) in [4.78, 5) is 17.1. The molecule has 128 valence electrons. The van der Waals surface area contributed by atoms with Gasteiger partial charge < -0.3 is 9.30 Å². The lowest BCUT2D eigenvalue weighted by molar-refractivity contribution is 0.343. The van der Waals surface area contributed by atoms with Gasteiger partial charge in [-0.1, -0.05) is 60.7 Å². The Morgan fingerprint density at radius 1 is 1.04 bits per heavy atom. The van der Waals surface area contributed by atoms with Crippen LogP contribution in [-0.2, 0) is 7.05 Å². The van der Waals surface area contributed by atoms with E-state index in [1.807, 2.05) is 72.8 Å². The lowest BCUT2D eigenvalue weighted by Gasteiger charge is -2.07. The second-order valence-electron chi connectivity index (χ2n) is 5.61. The lowest BCUT2D eigenvalue weighted by atomic mass is 10.2. The molecule has 0 atom stereocenters. The van der Waals surface area contributed by atoms with Crippen LogP contribution >= 0.6 is 0 Å². The second-order valence-corrected chi connectivity index (χ2v) is 5.61. The first-order chi connectivity index (χ1) is 12.7. The molecule has 0 saturated heterocycles. The molecule has 2 aromatic carbocycles. The van der Waals surface area contributed by atoms with Crippen molar-refractivity contribution in [3.05, 3.63) is 92.8 Å². The Morgan fingerprint density at radius 3 is 2.19 bits per heavy atom. The molecule has 1 heterocycles. The van der Waals surface area contributed by atoms with Crippen LogP contribution in [0.1, 0.15) is 11.1 Å². The summed E-state index contributed by atoms with van der Waals surface area (Å²) < 4.78 is 6.98. The van der Waals surface area contributed by atoms with E-state index in [1.165, 1.54) is 4.57 Å². The van der Waals surface area contributed by atoms with Gasteiger partial charge in [0.05, 0.1) is 0 Å². The highest BCUT2D eigenvalue weighted by atomic mass is 16.5. The average molecular weight is 343 g/mol. The highest BCUT2D eigenvalue weighted by molar-refractivity contribution is 5.51. The van der Waals surface area contributed by atoms with Crippen LogP contribution in [0.3, 0.4) is 0 Å². The Balaban J connectivity index is 2.25. The van der Waals surface area contributed by atoms with E-state index in [4.69, 9.17) is 10.00 Å². The van der Waals surface area contributed by atoms with E-state index in [-0.39, 0.29) is 23.4 Å². The van der Waals surface area contributed by atoms with Crippen LogP contribution in [-0.4, -0.2) is 16.2 Å². The van der Waals surface area contributed by atoms with Gasteiger partial charge in [0, 0.05) is 7.05 Å². The van der Waals surface area contributed by atoms with Gasteiger partial charge in [-0.2, -0.15) is 5.26 Å². The fraction of sp³-hybridized carbons (Fsp3) is 0.0952. The third kappa shape index (κ3) is 3.87. The van der Waals surface area contributed by atoms with Crippen LogP contribution < -0.4 is 21.0 Å². The molecule has 0 saturated carbocycles. The smallest absolute Gasteiger partial charge is 0.276 e. The molecule has 0 spiro atoms. The van der Waals surface area contributed by atoms with Gasteiger partial charge in [-0.3, -0.25) is 4.79 Å². The highest BCUT2D eigenvalue weighted by Gasteiger charge is 2.07. The van der Waals surface area contributed by atoms with Gasteiger partial charge in [0.25, 0.3) is 5.56 Å². The number of aromatic nitrogens is 2. The number of benzene rings is 2. The van der Waals surface area contributed by atoms with Crippen LogP contribution in [0.25, 0.3) is 12.2 Å². The lowest BCUT2D eigenvalue weighted by Crippen LogP contribution is -2.44. The van der Waals surface area contributed by atoms with Crippen molar-refractivity contribution in [3.63, 3.8) is 0 Å². The molecule has 0 N–H and O–H groups in total. The molecular weight excluding hydrogens is 326 g/mol. The maximum Gasteiger partial charge on any atom is 0.276 e. The van der Waals surface area contributed by atoms with E-state index in [9.17, 15) is 4.79 Å². The zero-order valence-electron chi connectivity index (χ0n) is 14.3. The number of rotatable bonds is 4. The molecule has 0 radical (unpaired) electrons. The van der Waals surface area contributed by atoms with Crippen molar-refractivity contribution in [2.75, 3.05) is 6.61 Å². The summed E-state index contributed by atoms with van der Waals surface area (Å²) in [5, 5.41) is 9.62. The molecule has 5 heteroatoms. The van der Waals surface area contributed by atoms with Crippen LogP contribution in [0.4, 0.5) is 0 Å². The van der Waals surface area contributed by atoms with Gasteiger partial charge in [0.15, 0.2) is 6.61 Å². The van der Waals surface area contributed by atoms with Crippen LogP contribution in [0.15, 0.2) is 65.5 Å². The minimum atomic E-state index is -0.236. The van der Waals surface area contributed by atoms with Gasteiger partial charge in [-0.15, -0.1) is 0 Å². The van der Waals surface area contributed by atoms with Crippen molar-refractivity contribution in [1.82, 2.24) is 9.55 Å². The summed E-state index contributed by atoms with van der Waals surface area (Å²) in [7, 11) is 1.67. The van der Waals surface area contributed by atoms with E-state index in [1.54, 1.807) is 13.1 Å². The zero-order valence-corrected chi connectivity index (χ0v) is 14.3. The Morgan fingerprint density at radius 2 is 1.62 bits per heavy atom. The number of hydrogen-bond acceptors (Lipinski definition) is 4. The van der Waals surface area contributed by atoms with Crippen molar-refractivity contribution < 1.29 is 4.74 Å². The van der Waals surface area contributed by atoms with Gasteiger partial charge in [0.2, 0.25) is 5.88 Å². The van der Waals surface area contributed by atoms with Crippen LogP contribution in [0.5, 0.6) is 5.88 Å².